The van der Waals surface area contributed by atoms with Crippen LogP contribution in [-0.4, -0.2) is 5.78 Å². The number of Topliss-reactive ketones (excluding diaryl/α,β-unsaturated/α-hetero) is 1. The molecular formula is C11H20O. The molecule has 0 spiro atoms. The van der Waals surface area contributed by atoms with Crippen molar-refractivity contribution < 1.29 is 4.79 Å². The number of hydrogen-bond donors (Lipinski definition) is 0. The lowest BCUT2D eigenvalue weighted by molar-refractivity contribution is -0.134. The molecule has 70 valence electrons. The molecule has 0 bridgehead atoms. The number of carbonyl (C=O) groups is 1. The summed E-state index contributed by atoms with van der Waals surface area (Å²) in [6.45, 7) is 10.8. The van der Waals surface area contributed by atoms with Crippen LogP contribution in [0.3, 0.4) is 0 Å². The Labute approximate surface area is 75.5 Å². The van der Waals surface area contributed by atoms with Gasteiger partial charge in [-0.3, -0.25) is 4.79 Å². The molecule has 0 heterocycles. The summed E-state index contributed by atoms with van der Waals surface area (Å²) < 4.78 is 0. The van der Waals surface area contributed by atoms with E-state index in [4.69, 9.17) is 0 Å². The van der Waals surface area contributed by atoms with Crippen LogP contribution in [0.5, 0.6) is 0 Å². The molecular weight excluding hydrogens is 148 g/mol. The molecule has 0 N–H and O–H groups in total. The van der Waals surface area contributed by atoms with Crippen molar-refractivity contribution in [3.8, 4) is 0 Å². The monoisotopic (exact) mass is 168 g/mol. The van der Waals surface area contributed by atoms with Crippen LogP contribution in [0, 0.1) is 29.6 Å². The van der Waals surface area contributed by atoms with Gasteiger partial charge < -0.3 is 0 Å². The Balaban J connectivity index is 2.83. The Kier molecular flexibility index (Phi) is 2.60. The minimum atomic E-state index is 0.270. The van der Waals surface area contributed by atoms with Gasteiger partial charge in [-0.05, 0) is 17.8 Å². The Hall–Kier alpha value is -0.330. The fraction of sp³-hybridized carbons (Fsp3) is 0.909. The molecule has 1 saturated carbocycles. The maximum atomic E-state index is 11.7. The standard InChI is InChI=1S/C11H20O/c1-6-7(2)9(4)11(12)10(5)8(6)3/h6-10H,1-5H3. The average molecular weight is 168 g/mol. The van der Waals surface area contributed by atoms with E-state index in [9.17, 15) is 4.79 Å². The van der Waals surface area contributed by atoms with Crippen molar-refractivity contribution in [1.29, 1.82) is 0 Å². The van der Waals surface area contributed by atoms with Gasteiger partial charge in [0.1, 0.15) is 5.78 Å². The molecule has 12 heavy (non-hydrogen) atoms. The molecule has 0 aromatic carbocycles. The molecule has 0 aliphatic heterocycles. The second kappa shape index (κ2) is 3.20. The molecule has 1 rings (SSSR count). The van der Waals surface area contributed by atoms with Crippen LogP contribution in [0.4, 0.5) is 0 Å². The van der Waals surface area contributed by atoms with Crippen LogP contribution in [0.15, 0.2) is 0 Å². The molecule has 1 heteroatoms. The topological polar surface area (TPSA) is 17.1 Å². The van der Waals surface area contributed by atoms with Gasteiger partial charge in [-0.15, -0.1) is 0 Å². The summed E-state index contributed by atoms with van der Waals surface area (Å²) in [5, 5.41) is 0. The summed E-state index contributed by atoms with van der Waals surface area (Å²) in [5.74, 6) is 2.81. The zero-order valence-electron chi connectivity index (χ0n) is 8.79. The van der Waals surface area contributed by atoms with Crippen molar-refractivity contribution in [2.45, 2.75) is 34.6 Å². The predicted octanol–water partition coefficient (Wildman–Crippen LogP) is 2.75. The van der Waals surface area contributed by atoms with E-state index in [-0.39, 0.29) is 11.8 Å². The zero-order valence-corrected chi connectivity index (χ0v) is 8.79. The number of hydrogen-bond acceptors (Lipinski definition) is 1. The highest BCUT2D eigenvalue weighted by atomic mass is 16.1. The molecule has 0 aromatic heterocycles. The van der Waals surface area contributed by atoms with Crippen LogP contribution in [0.25, 0.3) is 0 Å². The van der Waals surface area contributed by atoms with Crippen molar-refractivity contribution in [3.63, 3.8) is 0 Å². The maximum Gasteiger partial charge on any atom is 0.139 e. The van der Waals surface area contributed by atoms with E-state index in [1.165, 1.54) is 0 Å². The molecule has 1 aliphatic rings. The van der Waals surface area contributed by atoms with Gasteiger partial charge in [-0.2, -0.15) is 0 Å². The minimum absolute atomic E-state index is 0.270. The molecule has 4 unspecified atom stereocenters. The van der Waals surface area contributed by atoms with Crippen LogP contribution in [0.1, 0.15) is 34.6 Å². The highest BCUT2D eigenvalue weighted by Crippen LogP contribution is 2.39. The SMILES string of the molecule is CC1C(=O)C(C)C(C)C(C)C1C. The van der Waals surface area contributed by atoms with Gasteiger partial charge in [0, 0.05) is 11.8 Å². The predicted molar refractivity (Wildman–Crippen MR) is 50.8 cm³/mol. The molecule has 0 saturated heterocycles. The maximum absolute atomic E-state index is 11.7. The van der Waals surface area contributed by atoms with Crippen LogP contribution in [0.2, 0.25) is 0 Å². The number of carbonyl (C=O) groups excluding carboxylic acids is 1. The summed E-state index contributed by atoms with van der Waals surface area (Å²) in [7, 11) is 0. The highest BCUT2D eigenvalue weighted by Gasteiger charge is 2.39. The molecule has 0 amide bonds. The second-order valence-electron chi connectivity index (χ2n) is 4.56. The van der Waals surface area contributed by atoms with E-state index in [2.05, 4.69) is 34.6 Å². The van der Waals surface area contributed by atoms with Gasteiger partial charge in [0.05, 0.1) is 0 Å². The van der Waals surface area contributed by atoms with Crippen LogP contribution < -0.4 is 0 Å². The van der Waals surface area contributed by atoms with E-state index in [1.807, 2.05) is 0 Å². The van der Waals surface area contributed by atoms with Gasteiger partial charge >= 0.3 is 0 Å². The molecule has 0 aromatic rings. The van der Waals surface area contributed by atoms with E-state index < -0.39 is 0 Å². The third-order valence-corrected chi connectivity index (χ3v) is 4.13. The van der Waals surface area contributed by atoms with E-state index in [0.29, 0.717) is 23.5 Å². The lowest BCUT2D eigenvalue weighted by atomic mass is 9.64. The van der Waals surface area contributed by atoms with Crippen molar-refractivity contribution >= 4 is 5.78 Å². The van der Waals surface area contributed by atoms with Crippen molar-refractivity contribution in [1.82, 2.24) is 0 Å². The summed E-state index contributed by atoms with van der Waals surface area (Å²) in [6, 6.07) is 0. The largest absolute Gasteiger partial charge is 0.299 e. The molecule has 1 aliphatic carbocycles. The summed E-state index contributed by atoms with van der Waals surface area (Å²) in [6.07, 6.45) is 0. The van der Waals surface area contributed by atoms with Crippen LogP contribution >= 0.6 is 0 Å². The van der Waals surface area contributed by atoms with E-state index in [1.54, 1.807) is 0 Å². The fourth-order valence-electron chi connectivity index (χ4n) is 2.32. The lowest BCUT2D eigenvalue weighted by Crippen LogP contribution is -2.41. The molecule has 4 atom stereocenters. The first-order valence-corrected chi connectivity index (χ1v) is 5.00. The van der Waals surface area contributed by atoms with Gasteiger partial charge in [0.2, 0.25) is 0 Å². The molecule has 1 nitrogen and oxygen atoms in total. The number of ketones is 1. The lowest BCUT2D eigenvalue weighted by Gasteiger charge is -2.39. The average Bonchev–Trinajstić information content (AvgIpc) is 2.08. The Morgan fingerprint density at radius 2 is 1.08 bits per heavy atom. The number of rotatable bonds is 0. The smallest absolute Gasteiger partial charge is 0.139 e. The van der Waals surface area contributed by atoms with Crippen molar-refractivity contribution in [2.75, 3.05) is 0 Å². The third-order valence-electron chi connectivity index (χ3n) is 4.13. The summed E-state index contributed by atoms with van der Waals surface area (Å²) in [5.41, 5.74) is 0. The fourth-order valence-corrected chi connectivity index (χ4v) is 2.32. The first kappa shape index (κ1) is 9.76. The molecule has 0 radical (unpaired) electrons. The summed E-state index contributed by atoms with van der Waals surface area (Å²) in [4.78, 5) is 11.7. The normalized spacial score (nSPS) is 49.4. The quantitative estimate of drug-likeness (QED) is 0.543. The Morgan fingerprint density at radius 1 is 0.750 bits per heavy atom. The third kappa shape index (κ3) is 1.30. The Morgan fingerprint density at radius 3 is 1.42 bits per heavy atom. The van der Waals surface area contributed by atoms with E-state index >= 15 is 0 Å². The second-order valence-corrected chi connectivity index (χ2v) is 4.56. The summed E-state index contributed by atoms with van der Waals surface area (Å²) >= 11 is 0. The van der Waals surface area contributed by atoms with Gasteiger partial charge in [0.25, 0.3) is 0 Å². The van der Waals surface area contributed by atoms with Gasteiger partial charge in [-0.25, -0.2) is 0 Å². The highest BCUT2D eigenvalue weighted by molar-refractivity contribution is 5.84. The Bertz CT molecular complexity index is 167. The first-order chi connectivity index (χ1) is 5.46. The zero-order chi connectivity index (χ0) is 9.46. The minimum Gasteiger partial charge on any atom is -0.299 e. The first-order valence-electron chi connectivity index (χ1n) is 5.00. The van der Waals surface area contributed by atoms with Crippen molar-refractivity contribution in [2.24, 2.45) is 29.6 Å². The van der Waals surface area contributed by atoms with Crippen molar-refractivity contribution in [3.05, 3.63) is 0 Å². The molecule has 1 fully saturated rings. The van der Waals surface area contributed by atoms with Crippen LogP contribution in [-0.2, 0) is 4.79 Å². The van der Waals surface area contributed by atoms with Gasteiger partial charge in [0.15, 0.2) is 0 Å². The van der Waals surface area contributed by atoms with E-state index in [0.717, 1.165) is 0 Å². The van der Waals surface area contributed by atoms with Gasteiger partial charge in [-0.1, -0.05) is 34.6 Å².